The van der Waals surface area contributed by atoms with Gasteiger partial charge < -0.3 is 4.90 Å². The highest BCUT2D eigenvalue weighted by molar-refractivity contribution is 9.10. The van der Waals surface area contributed by atoms with Crippen LogP contribution in [0.3, 0.4) is 0 Å². The highest BCUT2D eigenvalue weighted by Crippen LogP contribution is 2.31. The van der Waals surface area contributed by atoms with Gasteiger partial charge in [-0.1, -0.05) is 0 Å². The Balaban J connectivity index is 2.29. The molecule has 1 saturated heterocycles. The third kappa shape index (κ3) is 2.12. The van der Waals surface area contributed by atoms with E-state index in [0.717, 1.165) is 23.2 Å². The summed E-state index contributed by atoms with van der Waals surface area (Å²) in [6, 6.07) is 4.93. The number of nitro benzene ring substituents is 1. The van der Waals surface area contributed by atoms with Gasteiger partial charge in [0.05, 0.1) is 10.6 Å². The molecule has 5 heteroatoms. The highest BCUT2D eigenvalue weighted by Gasteiger charge is 2.17. The van der Waals surface area contributed by atoms with Crippen molar-refractivity contribution in [2.45, 2.75) is 12.8 Å². The molecule has 0 saturated carbocycles. The van der Waals surface area contributed by atoms with Crippen LogP contribution in [0.5, 0.6) is 0 Å². The first-order valence-corrected chi connectivity index (χ1v) is 5.66. The summed E-state index contributed by atoms with van der Waals surface area (Å²) in [6.45, 7) is 2.08. The zero-order chi connectivity index (χ0) is 10.8. The standard InChI is InChI=1S/C10H11BrN2O2/c11-9-7-8(13(14)15)3-4-10(9)12-5-1-2-6-12/h3-4,7H,1-2,5-6H2. The van der Waals surface area contributed by atoms with Gasteiger partial charge >= 0.3 is 0 Å². The van der Waals surface area contributed by atoms with Crippen LogP contribution in [0.1, 0.15) is 12.8 Å². The summed E-state index contributed by atoms with van der Waals surface area (Å²) >= 11 is 3.38. The smallest absolute Gasteiger partial charge is 0.270 e. The zero-order valence-electron chi connectivity index (χ0n) is 8.15. The molecular formula is C10H11BrN2O2. The van der Waals surface area contributed by atoms with E-state index in [1.54, 1.807) is 12.1 Å². The number of nitro groups is 1. The number of benzene rings is 1. The molecule has 1 fully saturated rings. The maximum Gasteiger partial charge on any atom is 0.270 e. The second-order valence-electron chi connectivity index (χ2n) is 3.59. The van der Waals surface area contributed by atoms with E-state index in [0.29, 0.717) is 0 Å². The van der Waals surface area contributed by atoms with Crippen molar-refractivity contribution in [1.82, 2.24) is 0 Å². The largest absolute Gasteiger partial charge is 0.371 e. The van der Waals surface area contributed by atoms with Crippen LogP contribution in [0.15, 0.2) is 22.7 Å². The van der Waals surface area contributed by atoms with E-state index < -0.39 is 0 Å². The van der Waals surface area contributed by atoms with Gasteiger partial charge in [0.2, 0.25) is 0 Å². The molecule has 0 unspecified atom stereocenters. The van der Waals surface area contributed by atoms with E-state index in [1.807, 2.05) is 6.07 Å². The van der Waals surface area contributed by atoms with Crippen molar-refractivity contribution in [1.29, 1.82) is 0 Å². The molecule has 0 bridgehead atoms. The van der Waals surface area contributed by atoms with Gasteiger partial charge in [0.1, 0.15) is 0 Å². The lowest BCUT2D eigenvalue weighted by molar-refractivity contribution is -0.384. The highest BCUT2D eigenvalue weighted by atomic mass is 79.9. The van der Waals surface area contributed by atoms with Crippen molar-refractivity contribution in [3.8, 4) is 0 Å². The number of halogens is 1. The number of hydrogen-bond donors (Lipinski definition) is 0. The number of rotatable bonds is 2. The molecule has 15 heavy (non-hydrogen) atoms. The zero-order valence-corrected chi connectivity index (χ0v) is 9.74. The van der Waals surface area contributed by atoms with E-state index in [9.17, 15) is 10.1 Å². The molecule has 2 rings (SSSR count). The van der Waals surface area contributed by atoms with Crippen LogP contribution < -0.4 is 4.90 Å². The van der Waals surface area contributed by atoms with Crippen molar-refractivity contribution >= 4 is 27.3 Å². The third-order valence-corrected chi connectivity index (χ3v) is 3.22. The van der Waals surface area contributed by atoms with Crippen LogP contribution >= 0.6 is 15.9 Å². The molecule has 1 aromatic rings. The summed E-state index contributed by atoms with van der Waals surface area (Å²) in [7, 11) is 0. The quantitative estimate of drug-likeness (QED) is 0.613. The minimum Gasteiger partial charge on any atom is -0.371 e. The fourth-order valence-electron chi connectivity index (χ4n) is 1.82. The fourth-order valence-corrected chi connectivity index (χ4v) is 2.44. The van der Waals surface area contributed by atoms with Gasteiger partial charge in [0.25, 0.3) is 5.69 Å². The Morgan fingerprint density at radius 1 is 1.33 bits per heavy atom. The molecule has 0 spiro atoms. The Morgan fingerprint density at radius 3 is 2.53 bits per heavy atom. The molecule has 0 radical (unpaired) electrons. The average molecular weight is 271 g/mol. The van der Waals surface area contributed by atoms with E-state index in [4.69, 9.17) is 0 Å². The van der Waals surface area contributed by atoms with Crippen LogP contribution in [-0.4, -0.2) is 18.0 Å². The number of anilines is 1. The summed E-state index contributed by atoms with van der Waals surface area (Å²) in [4.78, 5) is 12.4. The van der Waals surface area contributed by atoms with Gasteiger partial charge in [-0.3, -0.25) is 10.1 Å². The van der Waals surface area contributed by atoms with Gasteiger partial charge in [-0.2, -0.15) is 0 Å². The number of hydrogen-bond acceptors (Lipinski definition) is 3. The first kappa shape index (κ1) is 10.4. The number of non-ortho nitro benzene ring substituents is 1. The molecule has 0 amide bonds. The van der Waals surface area contributed by atoms with Gasteiger partial charge in [-0.15, -0.1) is 0 Å². The van der Waals surface area contributed by atoms with Crippen molar-refractivity contribution in [3.05, 3.63) is 32.8 Å². The third-order valence-electron chi connectivity index (χ3n) is 2.59. The maximum atomic E-state index is 10.6. The van der Waals surface area contributed by atoms with E-state index in [1.165, 1.54) is 12.8 Å². The summed E-state index contributed by atoms with van der Waals surface area (Å²) in [5.41, 5.74) is 1.18. The van der Waals surface area contributed by atoms with Gasteiger partial charge in [0, 0.05) is 29.7 Å². The van der Waals surface area contributed by atoms with E-state index in [2.05, 4.69) is 20.8 Å². The first-order chi connectivity index (χ1) is 7.18. The van der Waals surface area contributed by atoms with Crippen LogP contribution in [0.25, 0.3) is 0 Å². The Hall–Kier alpha value is -1.10. The number of nitrogens with zero attached hydrogens (tertiary/aromatic N) is 2. The molecule has 0 aliphatic carbocycles. The molecule has 0 atom stereocenters. The molecule has 4 nitrogen and oxygen atoms in total. The lowest BCUT2D eigenvalue weighted by atomic mass is 10.2. The normalized spacial score (nSPS) is 15.7. The lowest BCUT2D eigenvalue weighted by Crippen LogP contribution is -2.17. The summed E-state index contributed by atoms with van der Waals surface area (Å²) in [5.74, 6) is 0. The fraction of sp³-hybridized carbons (Fsp3) is 0.400. The predicted molar refractivity (Wildman–Crippen MR) is 62.2 cm³/mol. The Morgan fingerprint density at radius 2 is 2.00 bits per heavy atom. The minimum atomic E-state index is -0.376. The SMILES string of the molecule is O=[N+]([O-])c1ccc(N2CCCC2)c(Br)c1. The molecule has 1 aliphatic rings. The van der Waals surface area contributed by atoms with Crippen molar-refractivity contribution < 1.29 is 4.92 Å². The van der Waals surface area contributed by atoms with Crippen LogP contribution in [0, 0.1) is 10.1 Å². The van der Waals surface area contributed by atoms with Gasteiger partial charge in [0.15, 0.2) is 0 Å². The van der Waals surface area contributed by atoms with Gasteiger partial charge in [-0.05, 0) is 34.8 Å². The summed E-state index contributed by atoms with van der Waals surface area (Å²) in [6.07, 6.45) is 2.40. The Kier molecular flexibility index (Phi) is 2.90. The van der Waals surface area contributed by atoms with Crippen molar-refractivity contribution in [2.75, 3.05) is 18.0 Å². The molecule has 1 heterocycles. The van der Waals surface area contributed by atoms with Gasteiger partial charge in [-0.25, -0.2) is 0 Å². The Labute approximate surface area is 96.2 Å². The lowest BCUT2D eigenvalue weighted by Gasteiger charge is -2.18. The second kappa shape index (κ2) is 4.18. The molecule has 1 aromatic carbocycles. The van der Waals surface area contributed by atoms with E-state index >= 15 is 0 Å². The van der Waals surface area contributed by atoms with Crippen LogP contribution in [0.4, 0.5) is 11.4 Å². The summed E-state index contributed by atoms with van der Waals surface area (Å²) in [5, 5.41) is 10.6. The van der Waals surface area contributed by atoms with Crippen molar-refractivity contribution in [2.24, 2.45) is 0 Å². The molecule has 0 N–H and O–H groups in total. The molecule has 0 aromatic heterocycles. The first-order valence-electron chi connectivity index (χ1n) is 4.87. The van der Waals surface area contributed by atoms with Crippen LogP contribution in [0.2, 0.25) is 0 Å². The predicted octanol–water partition coefficient (Wildman–Crippen LogP) is 2.96. The van der Waals surface area contributed by atoms with Crippen LogP contribution in [-0.2, 0) is 0 Å². The second-order valence-corrected chi connectivity index (χ2v) is 4.44. The maximum absolute atomic E-state index is 10.6. The molecule has 1 aliphatic heterocycles. The summed E-state index contributed by atoms with van der Waals surface area (Å²) < 4.78 is 0.804. The van der Waals surface area contributed by atoms with E-state index in [-0.39, 0.29) is 10.6 Å². The monoisotopic (exact) mass is 270 g/mol. The minimum absolute atomic E-state index is 0.129. The molecular weight excluding hydrogens is 260 g/mol. The Bertz CT molecular complexity index is 389. The topological polar surface area (TPSA) is 46.4 Å². The molecule has 80 valence electrons. The average Bonchev–Trinajstić information content (AvgIpc) is 2.70. The van der Waals surface area contributed by atoms with Crippen molar-refractivity contribution in [3.63, 3.8) is 0 Å².